The average molecular weight is 448 g/mol. The Morgan fingerprint density at radius 2 is 1.88 bits per heavy atom. The van der Waals surface area contributed by atoms with Crippen LogP contribution in [0.25, 0.3) is 22.8 Å². The van der Waals surface area contributed by atoms with Crippen molar-refractivity contribution in [3.8, 4) is 28.6 Å². The number of halogens is 1. The standard InChI is InChI=1S/C24H21FN4O4/c1-14-12-15(2)29(13-20(30)26-19-7-5-4-6-18(19)25)24(31)21(14)23-27-22(28-33-23)16-8-10-17(32-3)11-9-16/h4-12H,13H2,1-3H3,(H,26,30). The summed E-state index contributed by atoms with van der Waals surface area (Å²) in [6.45, 7) is 3.17. The maximum atomic E-state index is 13.9. The van der Waals surface area contributed by atoms with Crippen molar-refractivity contribution < 1.29 is 18.4 Å². The van der Waals surface area contributed by atoms with Gasteiger partial charge < -0.3 is 19.1 Å². The lowest BCUT2D eigenvalue weighted by Crippen LogP contribution is -2.31. The van der Waals surface area contributed by atoms with Gasteiger partial charge in [-0.05, 0) is 61.9 Å². The highest BCUT2D eigenvalue weighted by molar-refractivity contribution is 5.90. The van der Waals surface area contributed by atoms with E-state index in [1.54, 1.807) is 57.4 Å². The molecule has 2 aromatic carbocycles. The Morgan fingerprint density at radius 1 is 1.15 bits per heavy atom. The molecule has 2 aromatic heterocycles. The van der Waals surface area contributed by atoms with Gasteiger partial charge in [-0.1, -0.05) is 17.3 Å². The highest BCUT2D eigenvalue weighted by Gasteiger charge is 2.20. The van der Waals surface area contributed by atoms with Crippen LogP contribution in [0.5, 0.6) is 5.75 Å². The fraction of sp³-hybridized carbons (Fsp3) is 0.167. The van der Waals surface area contributed by atoms with E-state index < -0.39 is 17.3 Å². The number of benzene rings is 2. The lowest BCUT2D eigenvalue weighted by molar-refractivity contribution is -0.116. The number of hydrogen-bond donors (Lipinski definition) is 1. The lowest BCUT2D eigenvalue weighted by atomic mass is 10.1. The summed E-state index contributed by atoms with van der Waals surface area (Å²) in [5.74, 6) is -0.0446. The van der Waals surface area contributed by atoms with Crippen molar-refractivity contribution in [3.63, 3.8) is 0 Å². The zero-order chi connectivity index (χ0) is 23.5. The number of methoxy groups -OCH3 is 1. The van der Waals surface area contributed by atoms with E-state index in [9.17, 15) is 14.0 Å². The number of hydrogen-bond acceptors (Lipinski definition) is 6. The highest BCUT2D eigenvalue weighted by Crippen LogP contribution is 2.24. The number of rotatable bonds is 6. The van der Waals surface area contributed by atoms with Gasteiger partial charge in [-0.2, -0.15) is 4.98 Å². The number of carbonyl (C=O) groups excluding carboxylic acids is 1. The second-order valence-electron chi connectivity index (χ2n) is 7.41. The largest absolute Gasteiger partial charge is 0.497 e. The molecule has 0 unspecified atom stereocenters. The van der Waals surface area contributed by atoms with Crippen LogP contribution in [0.1, 0.15) is 11.3 Å². The van der Waals surface area contributed by atoms with Crippen LogP contribution in [0, 0.1) is 19.7 Å². The average Bonchev–Trinajstić information content (AvgIpc) is 3.28. The van der Waals surface area contributed by atoms with Crippen LogP contribution in [0.4, 0.5) is 10.1 Å². The molecule has 33 heavy (non-hydrogen) atoms. The Hall–Kier alpha value is -4.27. The van der Waals surface area contributed by atoms with E-state index in [0.717, 1.165) is 0 Å². The summed E-state index contributed by atoms with van der Waals surface area (Å²) in [5, 5.41) is 6.47. The third kappa shape index (κ3) is 4.52. The van der Waals surface area contributed by atoms with Crippen LogP contribution in [-0.2, 0) is 11.3 Å². The summed E-state index contributed by atoms with van der Waals surface area (Å²) >= 11 is 0. The molecular formula is C24H21FN4O4. The molecule has 0 atom stereocenters. The van der Waals surface area contributed by atoms with Crippen molar-refractivity contribution in [1.29, 1.82) is 0 Å². The molecule has 4 aromatic rings. The van der Waals surface area contributed by atoms with Crippen LogP contribution in [-0.4, -0.2) is 27.7 Å². The smallest absolute Gasteiger partial charge is 0.264 e. The normalized spacial score (nSPS) is 10.8. The number of amides is 1. The Balaban J connectivity index is 1.64. The van der Waals surface area contributed by atoms with Crippen molar-refractivity contribution in [2.24, 2.45) is 0 Å². The molecule has 0 saturated carbocycles. The van der Waals surface area contributed by atoms with Crippen molar-refractivity contribution in [2.45, 2.75) is 20.4 Å². The van der Waals surface area contributed by atoms with E-state index in [0.29, 0.717) is 28.4 Å². The predicted molar refractivity (Wildman–Crippen MR) is 120 cm³/mol. The molecular weight excluding hydrogens is 427 g/mol. The van der Waals surface area contributed by atoms with Crippen LogP contribution in [0.15, 0.2) is 63.9 Å². The molecule has 2 heterocycles. The van der Waals surface area contributed by atoms with Crippen LogP contribution in [0.3, 0.4) is 0 Å². The van der Waals surface area contributed by atoms with E-state index in [4.69, 9.17) is 9.26 Å². The van der Waals surface area contributed by atoms with E-state index in [1.165, 1.54) is 22.8 Å². The molecule has 0 aliphatic carbocycles. The maximum Gasteiger partial charge on any atom is 0.264 e. The third-order valence-corrected chi connectivity index (χ3v) is 5.14. The van der Waals surface area contributed by atoms with Gasteiger partial charge in [0.1, 0.15) is 23.7 Å². The summed E-state index contributed by atoms with van der Waals surface area (Å²) in [6.07, 6.45) is 0. The van der Waals surface area contributed by atoms with Gasteiger partial charge >= 0.3 is 0 Å². The Labute approximate surface area is 188 Å². The zero-order valence-corrected chi connectivity index (χ0v) is 18.3. The number of aryl methyl sites for hydroxylation is 2. The molecule has 0 fully saturated rings. The number of para-hydroxylation sites is 1. The number of carbonyl (C=O) groups is 1. The minimum absolute atomic E-state index is 0.0431. The van der Waals surface area contributed by atoms with Gasteiger partial charge in [0.05, 0.1) is 12.8 Å². The molecule has 8 nitrogen and oxygen atoms in total. The van der Waals surface area contributed by atoms with Gasteiger partial charge in [0.25, 0.3) is 11.4 Å². The fourth-order valence-electron chi connectivity index (χ4n) is 3.46. The van der Waals surface area contributed by atoms with Crippen LogP contribution in [0.2, 0.25) is 0 Å². The predicted octanol–water partition coefficient (Wildman–Crippen LogP) is 3.97. The van der Waals surface area contributed by atoms with Crippen molar-refractivity contribution in [3.05, 3.63) is 82.0 Å². The SMILES string of the molecule is COc1ccc(-c2noc(-c3c(C)cc(C)n(CC(=O)Nc4ccccc4F)c3=O)n2)cc1. The Morgan fingerprint density at radius 3 is 2.58 bits per heavy atom. The fourth-order valence-corrected chi connectivity index (χ4v) is 3.46. The Kier molecular flexibility index (Phi) is 6.03. The van der Waals surface area contributed by atoms with Gasteiger partial charge in [-0.15, -0.1) is 0 Å². The number of nitrogens with one attached hydrogen (secondary N) is 1. The summed E-state index contributed by atoms with van der Waals surface area (Å²) in [7, 11) is 1.57. The number of pyridine rings is 1. The minimum Gasteiger partial charge on any atom is -0.497 e. The second kappa shape index (κ2) is 9.07. The van der Waals surface area contributed by atoms with Crippen molar-refractivity contribution in [1.82, 2.24) is 14.7 Å². The molecule has 0 aliphatic heterocycles. The number of aromatic nitrogens is 3. The quantitative estimate of drug-likeness (QED) is 0.479. The number of anilines is 1. The molecule has 0 aliphatic rings. The molecule has 0 saturated heterocycles. The molecule has 0 radical (unpaired) electrons. The highest BCUT2D eigenvalue weighted by atomic mass is 19.1. The molecule has 9 heteroatoms. The first-order chi connectivity index (χ1) is 15.9. The van der Waals surface area contributed by atoms with Gasteiger partial charge in [-0.25, -0.2) is 4.39 Å². The Bertz CT molecular complexity index is 1380. The molecule has 1 N–H and O–H groups in total. The van der Waals surface area contributed by atoms with Gasteiger partial charge in [0, 0.05) is 11.3 Å². The first kappa shape index (κ1) is 21.9. The van der Waals surface area contributed by atoms with Crippen LogP contribution >= 0.6 is 0 Å². The summed E-state index contributed by atoms with van der Waals surface area (Å²) in [6, 6.07) is 14.7. The van der Waals surface area contributed by atoms with Gasteiger partial charge in [-0.3, -0.25) is 9.59 Å². The molecule has 168 valence electrons. The maximum absolute atomic E-state index is 13.9. The topological polar surface area (TPSA) is 99.3 Å². The monoisotopic (exact) mass is 448 g/mol. The molecule has 4 rings (SSSR count). The first-order valence-corrected chi connectivity index (χ1v) is 10.1. The number of ether oxygens (including phenoxy) is 1. The van der Waals surface area contributed by atoms with E-state index in [1.807, 2.05) is 0 Å². The molecule has 0 bridgehead atoms. The van der Waals surface area contributed by atoms with Crippen molar-refractivity contribution >= 4 is 11.6 Å². The second-order valence-corrected chi connectivity index (χ2v) is 7.41. The van der Waals surface area contributed by atoms with Crippen LogP contribution < -0.4 is 15.6 Å². The van der Waals surface area contributed by atoms with Gasteiger partial charge in [0.15, 0.2) is 0 Å². The zero-order valence-electron chi connectivity index (χ0n) is 18.3. The van der Waals surface area contributed by atoms with E-state index >= 15 is 0 Å². The summed E-state index contributed by atoms with van der Waals surface area (Å²) < 4.78 is 25.7. The van der Waals surface area contributed by atoms with E-state index in [-0.39, 0.29) is 23.7 Å². The summed E-state index contributed by atoms with van der Waals surface area (Å²) in [5.41, 5.74) is 1.68. The van der Waals surface area contributed by atoms with E-state index in [2.05, 4.69) is 15.5 Å². The van der Waals surface area contributed by atoms with Crippen molar-refractivity contribution in [2.75, 3.05) is 12.4 Å². The minimum atomic E-state index is -0.559. The van der Waals surface area contributed by atoms with Gasteiger partial charge in [0.2, 0.25) is 11.7 Å². The summed E-state index contributed by atoms with van der Waals surface area (Å²) in [4.78, 5) is 30.1. The first-order valence-electron chi connectivity index (χ1n) is 10.1. The molecule has 1 amide bonds. The molecule has 0 spiro atoms. The lowest BCUT2D eigenvalue weighted by Gasteiger charge is -2.13. The number of nitrogens with zero attached hydrogens (tertiary/aromatic N) is 3. The third-order valence-electron chi connectivity index (χ3n) is 5.14.